The summed E-state index contributed by atoms with van der Waals surface area (Å²) in [4.78, 5) is 24.3. The molecule has 0 radical (unpaired) electrons. The highest BCUT2D eigenvalue weighted by atomic mass is 32.2. The number of alkyl halides is 2. The number of hydrogen-bond acceptors (Lipinski definition) is 4. The van der Waals surface area contributed by atoms with Gasteiger partial charge >= 0.3 is 11.9 Å². The molecule has 1 aliphatic rings. The number of allylic oxidation sites excluding steroid dienone is 1. The molecule has 2 N–H and O–H groups in total. The number of hydrogen-bond donors (Lipinski definition) is 2. The Balaban J connectivity index is 1.97. The number of aliphatic hydroxyl groups excluding tert-OH is 1. The molecule has 5 nitrogen and oxygen atoms in total. The van der Waals surface area contributed by atoms with Crippen LogP contribution in [-0.2, 0) is 10.7 Å². The van der Waals surface area contributed by atoms with Gasteiger partial charge in [-0.25, -0.2) is 0 Å². The molecule has 8 heteroatoms. The number of unbranched alkanes of at least 4 members (excludes halogenated alkanes) is 1. The summed E-state index contributed by atoms with van der Waals surface area (Å²) in [5.74, 6) is -3.70. The number of thioether (sulfide) groups is 1. The second-order valence-electron chi connectivity index (χ2n) is 6.70. The van der Waals surface area contributed by atoms with Crippen molar-refractivity contribution in [2.45, 2.75) is 43.8 Å². The second kappa shape index (κ2) is 11.1. The molecular formula is C21H25F2NO4S. The maximum absolute atomic E-state index is 14.4. The zero-order valence-electron chi connectivity index (χ0n) is 15.9. The van der Waals surface area contributed by atoms with E-state index in [-0.39, 0.29) is 23.3 Å². The summed E-state index contributed by atoms with van der Waals surface area (Å²) in [6, 6.07) is 6.75. The molecule has 2 rings (SSSR count). The fourth-order valence-corrected chi connectivity index (χ4v) is 3.82. The van der Waals surface area contributed by atoms with E-state index in [1.165, 1.54) is 42.1 Å². The third-order valence-electron chi connectivity index (χ3n) is 4.55. The van der Waals surface area contributed by atoms with Gasteiger partial charge in [-0.15, -0.1) is 0 Å². The number of aliphatic hydroxyl groups is 1. The molecule has 0 unspecified atom stereocenters. The van der Waals surface area contributed by atoms with E-state index in [2.05, 4.69) is 0 Å². The summed E-state index contributed by atoms with van der Waals surface area (Å²) in [6.45, 7) is 0.305. The summed E-state index contributed by atoms with van der Waals surface area (Å²) >= 11 is 1.17. The van der Waals surface area contributed by atoms with Gasteiger partial charge in [-0.1, -0.05) is 66.4 Å². The van der Waals surface area contributed by atoms with Crippen LogP contribution in [0, 0.1) is 0 Å². The quantitative estimate of drug-likeness (QED) is 0.428. The van der Waals surface area contributed by atoms with E-state index in [4.69, 9.17) is 5.11 Å². The molecule has 1 amide bonds. The van der Waals surface area contributed by atoms with Gasteiger partial charge < -0.3 is 15.1 Å². The number of carbonyl (C=O) groups is 2. The van der Waals surface area contributed by atoms with Gasteiger partial charge in [-0.3, -0.25) is 9.59 Å². The first kappa shape index (κ1) is 23.1. The molecule has 2 atom stereocenters. The second-order valence-corrected chi connectivity index (χ2v) is 7.75. The Labute approximate surface area is 173 Å². The highest BCUT2D eigenvalue weighted by Gasteiger charge is 2.39. The SMILES string of the molecule is O=C(O)CCC/C=C/CN1C(=O)SCC[C@@H]1/C=C/[C@@H](O)C(F)(F)c1ccccc1. The van der Waals surface area contributed by atoms with Crippen LogP contribution in [-0.4, -0.2) is 50.8 Å². The first-order valence-electron chi connectivity index (χ1n) is 9.42. The molecule has 1 saturated heterocycles. The lowest BCUT2D eigenvalue weighted by atomic mass is 10.0. The Morgan fingerprint density at radius 3 is 2.72 bits per heavy atom. The fraction of sp³-hybridized carbons (Fsp3) is 0.429. The zero-order valence-corrected chi connectivity index (χ0v) is 16.7. The van der Waals surface area contributed by atoms with E-state index in [0.29, 0.717) is 31.6 Å². The Kier molecular flexibility index (Phi) is 8.85. The number of aliphatic carboxylic acids is 1. The molecule has 158 valence electrons. The highest BCUT2D eigenvalue weighted by molar-refractivity contribution is 8.13. The van der Waals surface area contributed by atoms with Crippen molar-refractivity contribution < 1.29 is 28.6 Å². The number of carbonyl (C=O) groups excluding carboxylic acids is 1. The number of carboxylic acids is 1. The third kappa shape index (κ3) is 6.97. The predicted octanol–water partition coefficient (Wildman–Crippen LogP) is 4.43. The summed E-state index contributed by atoms with van der Waals surface area (Å²) < 4.78 is 28.8. The number of amides is 1. The van der Waals surface area contributed by atoms with E-state index in [0.717, 1.165) is 6.08 Å². The highest BCUT2D eigenvalue weighted by Crippen LogP contribution is 2.33. The van der Waals surface area contributed by atoms with Gasteiger partial charge in [0.25, 0.3) is 5.24 Å². The summed E-state index contributed by atoms with van der Waals surface area (Å²) in [5, 5.41) is 18.5. The summed E-state index contributed by atoms with van der Waals surface area (Å²) in [6.07, 6.45) is 5.91. The molecule has 1 fully saturated rings. The number of carboxylic acid groups (broad SMARTS) is 1. The molecular weight excluding hydrogens is 400 g/mol. The van der Waals surface area contributed by atoms with E-state index in [9.17, 15) is 23.5 Å². The van der Waals surface area contributed by atoms with Crippen LogP contribution in [0.4, 0.5) is 13.6 Å². The van der Waals surface area contributed by atoms with Gasteiger partial charge in [0.05, 0.1) is 6.04 Å². The van der Waals surface area contributed by atoms with Crippen molar-refractivity contribution in [2.75, 3.05) is 12.3 Å². The normalized spacial score (nSPS) is 19.2. The predicted molar refractivity (Wildman–Crippen MR) is 109 cm³/mol. The van der Waals surface area contributed by atoms with E-state index < -0.39 is 18.0 Å². The average molecular weight is 425 g/mol. The fourth-order valence-electron chi connectivity index (χ4n) is 2.91. The molecule has 0 aliphatic carbocycles. The minimum absolute atomic E-state index is 0.0850. The third-order valence-corrected chi connectivity index (χ3v) is 5.47. The smallest absolute Gasteiger partial charge is 0.303 e. The van der Waals surface area contributed by atoms with Crippen LogP contribution in [0.25, 0.3) is 0 Å². The maximum Gasteiger partial charge on any atom is 0.303 e. The number of nitrogens with zero attached hydrogens (tertiary/aromatic N) is 1. The van der Waals surface area contributed by atoms with E-state index in [1.807, 2.05) is 6.08 Å². The standard InChI is InChI=1S/C21H25F2NO4S/c22-21(23,16-8-4-3-5-9-16)18(25)12-11-17-13-15-29-20(28)24(17)14-7-2-1-6-10-19(26)27/h2-5,7-9,11-12,17-18,25H,1,6,10,13-15H2,(H,26,27)/b7-2+,12-11+/t17-,18+/m0/s1. The van der Waals surface area contributed by atoms with Crippen molar-refractivity contribution >= 4 is 23.0 Å². The van der Waals surface area contributed by atoms with Crippen molar-refractivity contribution in [3.63, 3.8) is 0 Å². The van der Waals surface area contributed by atoms with Crippen LogP contribution >= 0.6 is 11.8 Å². The van der Waals surface area contributed by atoms with Crippen LogP contribution in [0.15, 0.2) is 54.6 Å². The van der Waals surface area contributed by atoms with Crippen LogP contribution in [0.3, 0.4) is 0 Å². The van der Waals surface area contributed by atoms with Gasteiger partial charge in [-0.2, -0.15) is 8.78 Å². The number of benzene rings is 1. The van der Waals surface area contributed by atoms with E-state index >= 15 is 0 Å². The number of rotatable bonds is 10. The lowest BCUT2D eigenvalue weighted by Crippen LogP contribution is -2.41. The lowest BCUT2D eigenvalue weighted by Gasteiger charge is -2.32. The Morgan fingerprint density at radius 1 is 1.31 bits per heavy atom. The minimum atomic E-state index is -3.43. The monoisotopic (exact) mass is 425 g/mol. The Bertz CT molecular complexity index is 739. The molecule has 0 spiro atoms. The van der Waals surface area contributed by atoms with Crippen LogP contribution in [0.1, 0.15) is 31.2 Å². The van der Waals surface area contributed by atoms with Gasteiger partial charge in [0.1, 0.15) is 6.10 Å². The molecule has 29 heavy (non-hydrogen) atoms. The Morgan fingerprint density at radius 2 is 2.03 bits per heavy atom. The Hall–Kier alpha value is -2.19. The van der Waals surface area contributed by atoms with Crippen LogP contribution in [0.2, 0.25) is 0 Å². The van der Waals surface area contributed by atoms with Crippen molar-refractivity contribution in [1.29, 1.82) is 0 Å². The molecule has 1 aromatic carbocycles. The van der Waals surface area contributed by atoms with Gasteiger partial charge in [0, 0.05) is 24.3 Å². The largest absolute Gasteiger partial charge is 0.481 e. The van der Waals surface area contributed by atoms with Crippen LogP contribution in [0.5, 0.6) is 0 Å². The topological polar surface area (TPSA) is 77.8 Å². The van der Waals surface area contributed by atoms with Crippen molar-refractivity contribution in [3.8, 4) is 0 Å². The van der Waals surface area contributed by atoms with Crippen molar-refractivity contribution in [1.82, 2.24) is 4.90 Å². The van der Waals surface area contributed by atoms with Crippen LogP contribution < -0.4 is 0 Å². The summed E-state index contributed by atoms with van der Waals surface area (Å²) in [5.41, 5.74) is -0.270. The van der Waals surface area contributed by atoms with Gasteiger partial charge in [0.2, 0.25) is 0 Å². The van der Waals surface area contributed by atoms with E-state index in [1.54, 1.807) is 17.0 Å². The minimum Gasteiger partial charge on any atom is -0.481 e. The van der Waals surface area contributed by atoms with Gasteiger partial charge in [0.15, 0.2) is 0 Å². The maximum atomic E-state index is 14.4. The van der Waals surface area contributed by atoms with Crippen molar-refractivity contribution in [3.05, 3.63) is 60.2 Å². The molecule has 0 aromatic heterocycles. The first-order valence-corrected chi connectivity index (χ1v) is 10.4. The molecule has 0 bridgehead atoms. The molecule has 1 aromatic rings. The molecule has 1 heterocycles. The lowest BCUT2D eigenvalue weighted by molar-refractivity contribution is -0.137. The average Bonchev–Trinajstić information content (AvgIpc) is 2.70. The van der Waals surface area contributed by atoms with Gasteiger partial charge in [-0.05, 0) is 19.3 Å². The zero-order chi connectivity index (χ0) is 21.3. The molecule has 1 aliphatic heterocycles. The van der Waals surface area contributed by atoms with Crippen molar-refractivity contribution in [2.24, 2.45) is 0 Å². The number of halogens is 2. The summed E-state index contributed by atoms with van der Waals surface area (Å²) in [7, 11) is 0. The molecule has 0 saturated carbocycles. The first-order chi connectivity index (χ1) is 13.8.